The summed E-state index contributed by atoms with van der Waals surface area (Å²) in [5, 5.41) is 15.3. The molecule has 0 spiro atoms. The molecule has 0 aliphatic carbocycles. The Morgan fingerprint density at radius 1 is 0.655 bits per heavy atom. The topological polar surface area (TPSA) is 29.5 Å². The molecule has 3 heteroatoms. The van der Waals surface area contributed by atoms with Crippen LogP contribution < -0.4 is 5.46 Å². The Kier molecular flexibility index (Phi) is 4.98. The van der Waals surface area contributed by atoms with Crippen LogP contribution in [0.25, 0.3) is 32.7 Å². The fourth-order valence-electron chi connectivity index (χ4n) is 3.72. The van der Waals surface area contributed by atoms with E-state index < -0.39 is 11.2 Å². The molecular weight excluding hydrogens is 355 g/mol. The zero-order valence-electron chi connectivity index (χ0n) is 17.6. The Balaban J connectivity index is 1.97. The number of fused-ring (bicyclic) bond motifs is 2. The van der Waals surface area contributed by atoms with E-state index >= 15 is 0 Å². The van der Waals surface area contributed by atoms with Crippen LogP contribution >= 0.6 is 0 Å². The van der Waals surface area contributed by atoms with Gasteiger partial charge in [0.05, 0.1) is 11.2 Å². The molecule has 0 aliphatic rings. The Hall–Kier alpha value is -2.62. The van der Waals surface area contributed by atoms with Crippen LogP contribution in [0.1, 0.15) is 27.7 Å². The molecule has 0 amide bonds. The molecule has 0 radical (unpaired) electrons. The van der Waals surface area contributed by atoms with Crippen LogP contribution in [-0.4, -0.2) is 23.8 Å². The van der Waals surface area contributed by atoms with E-state index in [1.165, 1.54) is 32.7 Å². The van der Waals surface area contributed by atoms with Gasteiger partial charge >= 0.3 is 7.48 Å². The fourth-order valence-corrected chi connectivity index (χ4v) is 3.72. The van der Waals surface area contributed by atoms with Crippen molar-refractivity contribution in [2.24, 2.45) is 0 Å². The average Bonchev–Trinajstić information content (AvgIpc) is 2.71. The Labute approximate surface area is 173 Å². The first-order valence-electron chi connectivity index (χ1n) is 10.1. The largest absolute Gasteiger partial charge is 0.427 e. The third-order valence-electron chi connectivity index (χ3n) is 6.16. The highest BCUT2D eigenvalue weighted by Crippen LogP contribution is 2.35. The second kappa shape index (κ2) is 7.33. The normalized spacial score (nSPS) is 12.4. The van der Waals surface area contributed by atoms with E-state index in [9.17, 15) is 5.11 Å². The lowest BCUT2D eigenvalue weighted by atomic mass is 9.75. The molecule has 146 valence electrons. The van der Waals surface area contributed by atoms with Gasteiger partial charge in [0, 0.05) is 0 Å². The first kappa shape index (κ1) is 19.7. The first-order chi connectivity index (χ1) is 13.8. The molecule has 0 fully saturated rings. The monoisotopic (exact) mass is 382 g/mol. The van der Waals surface area contributed by atoms with Gasteiger partial charge in [-0.1, -0.05) is 78.9 Å². The summed E-state index contributed by atoms with van der Waals surface area (Å²) in [5.41, 5.74) is 2.01. The van der Waals surface area contributed by atoms with Crippen LogP contribution in [0.3, 0.4) is 0 Å². The maximum absolute atomic E-state index is 10.5. The van der Waals surface area contributed by atoms with Crippen LogP contribution in [0.4, 0.5) is 0 Å². The quantitative estimate of drug-likeness (QED) is 0.380. The van der Waals surface area contributed by atoms with Crippen molar-refractivity contribution >= 4 is 34.5 Å². The van der Waals surface area contributed by atoms with Crippen LogP contribution in [0.15, 0.2) is 78.9 Å². The van der Waals surface area contributed by atoms with Crippen molar-refractivity contribution in [3.63, 3.8) is 0 Å². The van der Waals surface area contributed by atoms with Crippen molar-refractivity contribution in [3.05, 3.63) is 78.9 Å². The number of hydrogen-bond acceptors (Lipinski definition) is 2. The van der Waals surface area contributed by atoms with Crippen molar-refractivity contribution in [1.29, 1.82) is 0 Å². The van der Waals surface area contributed by atoms with Crippen LogP contribution in [0, 0.1) is 0 Å². The molecule has 0 heterocycles. The summed E-state index contributed by atoms with van der Waals surface area (Å²) in [6.07, 6.45) is 0. The maximum Gasteiger partial charge on any atom is 0.310 e. The zero-order chi connectivity index (χ0) is 20.6. The van der Waals surface area contributed by atoms with E-state index in [0.29, 0.717) is 7.48 Å². The van der Waals surface area contributed by atoms with Gasteiger partial charge in [0.15, 0.2) is 0 Å². The Morgan fingerprint density at radius 2 is 1.10 bits per heavy atom. The maximum atomic E-state index is 10.5. The molecule has 0 unspecified atom stereocenters. The van der Waals surface area contributed by atoms with E-state index in [0.717, 1.165) is 5.46 Å². The summed E-state index contributed by atoms with van der Waals surface area (Å²) in [4.78, 5) is 0. The minimum absolute atomic E-state index is 0.438. The summed E-state index contributed by atoms with van der Waals surface area (Å²) in [7, 11) is 0.438. The van der Waals surface area contributed by atoms with Gasteiger partial charge in [0.2, 0.25) is 0 Å². The van der Waals surface area contributed by atoms with E-state index in [1.807, 2.05) is 13.8 Å². The highest BCUT2D eigenvalue weighted by Gasteiger charge is 2.36. The molecule has 0 aromatic heterocycles. The Bertz CT molecular complexity index is 1100. The van der Waals surface area contributed by atoms with Gasteiger partial charge in [-0.25, -0.2) is 0 Å². The predicted molar refractivity (Wildman–Crippen MR) is 125 cm³/mol. The molecule has 4 rings (SSSR count). The molecule has 0 atom stereocenters. The number of hydrogen-bond donors (Lipinski definition) is 1. The molecule has 0 aliphatic heterocycles. The molecule has 4 aromatic carbocycles. The van der Waals surface area contributed by atoms with Gasteiger partial charge < -0.3 is 9.76 Å². The lowest BCUT2D eigenvalue weighted by molar-refractivity contribution is -0.0892. The summed E-state index contributed by atoms with van der Waals surface area (Å²) in [5.74, 6) is 0. The Morgan fingerprint density at radius 3 is 1.59 bits per heavy atom. The lowest BCUT2D eigenvalue weighted by Gasteiger charge is -2.37. The molecule has 0 saturated carbocycles. The van der Waals surface area contributed by atoms with Crippen LogP contribution in [0.2, 0.25) is 0 Å². The van der Waals surface area contributed by atoms with Crippen molar-refractivity contribution in [2.45, 2.75) is 38.9 Å². The summed E-state index contributed by atoms with van der Waals surface area (Å²) >= 11 is 0. The highest BCUT2D eigenvalue weighted by molar-refractivity contribution is 6.57. The molecular formula is C26H27BO2. The van der Waals surface area contributed by atoms with E-state index in [-0.39, 0.29) is 0 Å². The van der Waals surface area contributed by atoms with E-state index in [4.69, 9.17) is 4.65 Å². The molecule has 0 bridgehead atoms. The minimum Gasteiger partial charge on any atom is -0.427 e. The third kappa shape index (κ3) is 3.57. The SMILES string of the molecule is CC(C)(O)C(C)(C)OBc1c2ccccc2c(-c2ccccc2)c2ccccc12. The highest BCUT2D eigenvalue weighted by atomic mass is 16.5. The second-order valence-electron chi connectivity index (χ2n) is 8.67. The van der Waals surface area contributed by atoms with Crippen molar-refractivity contribution < 1.29 is 9.76 Å². The van der Waals surface area contributed by atoms with Gasteiger partial charge in [-0.05, 0) is 65.8 Å². The molecule has 0 saturated heterocycles. The molecule has 1 N–H and O–H groups in total. The third-order valence-corrected chi connectivity index (χ3v) is 6.16. The summed E-state index contributed by atoms with van der Waals surface area (Å²) in [6.45, 7) is 7.47. The molecule has 4 aromatic rings. The molecule has 2 nitrogen and oxygen atoms in total. The van der Waals surface area contributed by atoms with Crippen LogP contribution in [0.5, 0.6) is 0 Å². The average molecular weight is 382 g/mol. The van der Waals surface area contributed by atoms with Crippen LogP contribution in [-0.2, 0) is 4.65 Å². The van der Waals surface area contributed by atoms with Crippen molar-refractivity contribution in [2.75, 3.05) is 0 Å². The first-order valence-corrected chi connectivity index (χ1v) is 10.1. The van der Waals surface area contributed by atoms with Gasteiger partial charge in [-0.3, -0.25) is 0 Å². The number of rotatable bonds is 5. The fraction of sp³-hybridized carbons (Fsp3) is 0.231. The summed E-state index contributed by atoms with van der Waals surface area (Å²) < 4.78 is 6.29. The predicted octanol–water partition coefficient (Wildman–Crippen LogP) is 5.20. The minimum atomic E-state index is -0.942. The number of aliphatic hydroxyl groups is 1. The van der Waals surface area contributed by atoms with Gasteiger partial charge in [0.25, 0.3) is 0 Å². The van der Waals surface area contributed by atoms with Gasteiger partial charge in [0.1, 0.15) is 0 Å². The lowest BCUT2D eigenvalue weighted by Crippen LogP contribution is -2.49. The van der Waals surface area contributed by atoms with Gasteiger partial charge in [-0.15, -0.1) is 0 Å². The van der Waals surface area contributed by atoms with Crippen molar-refractivity contribution in [1.82, 2.24) is 0 Å². The van der Waals surface area contributed by atoms with E-state index in [1.54, 1.807) is 13.8 Å². The zero-order valence-corrected chi connectivity index (χ0v) is 17.6. The second-order valence-corrected chi connectivity index (χ2v) is 8.67. The van der Waals surface area contributed by atoms with E-state index in [2.05, 4.69) is 78.9 Å². The van der Waals surface area contributed by atoms with Gasteiger partial charge in [-0.2, -0.15) is 0 Å². The smallest absolute Gasteiger partial charge is 0.310 e. The van der Waals surface area contributed by atoms with Crippen molar-refractivity contribution in [3.8, 4) is 11.1 Å². The standard InChI is InChI=1S/C26H27BO2/c1-25(2,28)26(3,4)29-27-24-21-16-10-8-14-19(21)23(18-12-6-5-7-13-18)20-15-9-11-17-22(20)24/h5-17,27-28H,1-4H3. The molecule has 29 heavy (non-hydrogen) atoms. The number of benzene rings is 4. The summed E-state index contributed by atoms with van der Waals surface area (Å²) in [6, 6.07) is 27.6.